The predicted octanol–water partition coefficient (Wildman–Crippen LogP) is 1.48. The monoisotopic (exact) mass is 231 g/mol. The summed E-state index contributed by atoms with van der Waals surface area (Å²) in [6.45, 7) is 3.32. The lowest BCUT2D eigenvalue weighted by atomic mass is 9.89. The van der Waals surface area contributed by atoms with Gasteiger partial charge in [0.05, 0.1) is 0 Å². The van der Waals surface area contributed by atoms with Gasteiger partial charge in [-0.15, -0.1) is 0 Å². The summed E-state index contributed by atoms with van der Waals surface area (Å²) in [5, 5.41) is 0. The zero-order valence-electron chi connectivity index (χ0n) is 9.84. The average Bonchev–Trinajstić information content (AvgIpc) is 2.32. The highest BCUT2D eigenvalue weighted by Crippen LogP contribution is 2.24. The predicted molar refractivity (Wildman–Crippen MR) is 64.6 cm³/mol. The maximum atomic E-state index is 11.9. The van der Waals surface area contributed by atoms with Gasteiger partial charge in [-0.05, 0) is 12.0 Å². The zero-order valence-corrected chi connectivity index (χ0v) is 9.84. The second-order valence-electron chi connectivity index (χ2n) is 4.93. The summed E-state index contributed by atoms with van der Waals surface area (Å²) >= 11 is 0. The Morgan fingerprint density at radius 1 is 1.24 bits per heavy atom. The number of hydrogen-bond donors (Lipinski definition) is 0. The van der Waals surface area contributed by atoms with Gasteiger partial charge in [-0.1, -0.05) is 30.3 Å². The van der Waals surface area contributed by atoms with Gasteiger partial charge >= 0.3 is 0 Å². The Morgan fingerprint density at radius 3 is 2.82 bits per heavy atom. The molecule has 2 aliphatic heterocycles. The van der Waals surface area contributed by atoms with E-state index in [2.05, 4.69) is 29.2 Å². The van der Waals surface area contributed by atoms with Gasteiger partial charge in [0.1, 0.15) is 6.10 Å². The molecule has 0 aromatic heterocycles. The van der Waals surface area contributed by atoms with Crippen molar-refractivity contribution in [1.29, 1.82) is 0 Å². The molecule has 0 unspecified atom stereocenters. The van der Waals surface area contributed by atoms with E-state index in [1.165, 1.54) is 5.56 Å². The van der Waals surface area contributed by atoms with Crippen molar-refractivity contribution in [1.82, 2.24) is 4.90 Å². The van der Waals surface area contributed by atoms with E-state index in [1.54, 1.807) is 0 Å². The number of Topliss-reactive ketones (excluding diaryl/α,β-unsaturated/α-hetero) is 1. The molecule has 0 spiro atoms. The van der Waals surface area contributed by atoms with E-state index in [-0.39, 0.29) is 12.0 Å². The summed E-state index contributed by atoms with van der Waals surface area (Å²) in [6, 6.07) is 10.4. The number of benzene rings is 1. The molecule has 0 amide bonds. The van der Waals surface area contributed by atoms with Gasteiger partial charge in [0.2, 0.25) is 0 Å². The molecule has 1 aromatic carbocycles. The first-order valence-electron chi connectivity index (χ1n) is 6.24. The van der Waals surface area contributed by atoms with Crippen LogP contribution >= 0.6 is 0 Å². The number of ether oxygens (including phenoxy) is 1. The SMILES string of the molecule is O=C1[C@H]2CCO[C@@H]1CN(Cc1ccccc1)C2. The van der Waals surface area contributed by atoms with Gasteiger partial charge in [-0.3, -0.25) is 9.69 Å². The van der Waals surface area contributed by atoms with Gasteiger partial charge in [0, 0.05) is 32.2 Å². The Labute approximate surface area is 101 Å². The van der Waals surface area contributed by atoms with E-state index in [0.29, 0.717) is 5.78 Å². The van der Waals surface area contributed by atoms with E-state index < -0.39 is 0 Å². The Kier molecular flexibility index (Phi) is 2.95. The molecule has 17 heavy (non-hydrogen) atoms. The highest BCUT2D eigenvalue weighted by Gasteiger charge is 2.38. The van der Waals surface area contributed by atoms with Crippen LogP contribution in [0.2, 0.25) is 0 Å². The standard InChI is InChI=1S/C14H17NO2/c16-14-12-6-7-17-13(14)10-15(9-12)8-11-4-2-1-3-5-11/h1-5,12-13H,6-10H2/t12-,13+/m0/s1. The molecule has 2 bridgehead atoms. The molecule has 0 N–H and O–H groups in total. The second-order valence-corrected chi connectivity index (χ2v) is 4.93. The van der Waals surface area contributed by atoms with Crippen molar-refractivity contribution in [2.24, 2.45) is 5.92 Å². The van der Waals surface area contributed by atoms with Gasteiger partial charge in [-0.2, -0.15) is 0 Å². The normalized spacial score (nSPS) is 29.3. The summed E-state index contributed by atoms with van der Waals surface area (Å²) in [4.78, 5) is 14.2. The maximum Gasteiger partial charge on any atom is 0.167 e. The van der Waals surface area contributed by atoms with Crippen LogP contribution in [0.4, 0.5) is 0 Å². The van der Waals surface area contributed by atoms with Crippen LogP contribution in [-0.4, -0.2) is 36.5 Å². The van der Waals surface area contributed by atoms with Crippen LogP contribution in [0.1, 0.15) is 12.0 Å². The minimum absolute atomic E-state index is 0.175. The van der Waals surface area contributed by atoms with Crippen molar-refractivity contribution >= 4 is 5.78 Å². The number of likely N-dealkylation sites (tertiary alicyclic amines) is 1. The Balaban J connectivity index is 1.68. The summed E-state index contributed by atoms with van der Waals surface area (Å²) in [7, 11) is 0. The van der Waals surface area contributed by atoms with Crippen LogP contribution < -0.4 is 0 Å². The summed E-state index contributed by atoms with van der Waals surface area (Å²) in [6.07, 6.45) is 0.715. The second kappa shape index (κ2) is 4.59. The highest BCUT2D eigenvalue weighted by atomic mass is 16.5. The molecule has 3 nitrogen and oxygen atoms in total. The smallest absolute Gasteiger partial charge is 0.167 e. The van der Waals surface area contributed by atoms with Crippen LogP contribution in [0.3, 0.4) is 0 Å². The Morgan fingerprint density at radius 2 is 2.06 bits per heavy atom. The van der Waals surface area contributed by atoms with Crippen molar-refractivity contribution in [2.45, 2.75) is 19.1 Å². The third-order valence-corrected chi connectivity index (χ3v) is 3.66. The Bertz CT molecular complexity index is 388. The topological polar surface area (TPSA) is 29.5 Å². The molecule has 0 aliphatic carbocycles. The molecule has 1 aromatic rings. The summed E-state index contributed by atoms with van der Waals surface area (Å²) < 4.78 is 5.54. The van der Waals surface area contributed by atoms with E-state index in [1.807, 2.05) is 6.07 Å². The van der Waals surface area contributed by atoms with Crippen LogP contribution in [0.15, 0.2) is 30.3 Å². The maximum absolute atomic E-state index is 11.9. The largest absolute Gasteiger partial charge is 0.369 e. The number of fused-ring (bicyclic) bond motifs is 2. The first-order chi connectivity index (χ1) is 8.33. The lowest BCUT2D eigenvalue weighted by Gasteiger charge is -2.39. The van der Waals surface area contributed by atoms with Crippen molar-refractivity contribution in [3.63, 3.8) is 0 Å². The third kappa shape index (κ3) is 2.26. The zero-order chi connectivity index (χ0) is 11.7. The molecule has 2 atom stereocenters. The fourth-order valence-corrected chi connectivity index (χ4v) is 2.76. The fraction of sp³-hybridized carbons (Fsp3) is 0.500. The van der Waals surface area contributed by atoms with Crippen LogP contribution in [0, 0.1) is 5.92 Å². The molecule has 2 aliphatic rings. The minimum Gasteiger partial charge on any atom is -0.369 e. The number of hydrogen-bond acceptors (Lipinski definition) is 3. The molecule has 0 saturated carbocycles. The van der Waals surface area contributed by atoms with Gasteiger partial charge in [-0.25, -0.2) is 0 Å². The average molecular weight is 231 g/mol. The van der Waals surface area contributed by atoms with Crippen LogP contribution in [-0.2, 0) is 16.1 Å². The lowest BCUT2D eigenvalue weighted by molar-refractivity contribution is -0.150. The molecule has 0 radical (unpaired) electrons. The van der Waals surface area contributed by atoms with Crippen LogP contribution in [0.5, 0.6) is 0 Å². The Hall–Kier alpha value is -1.19. The molecule has 2 fully saturated rings. The van der Waals surface area contributed by atoms with Gasteiger partial charge in [0.25, 0.3) is 0 Å². The van der Waals surface area contributed by atoms with E-state index in [0.717, 1.165) is 32.7 Å². The van der Waals surface area contributed by atoms with Crippen molar-refractivity contribution in [2.75, 3.05) is 19.7 Å². The molecule has 3 heteroatoms. The molecular formula is C14H17NO2. The van der Waals surface area contributed by atoms with Gasteiger partial charge in [0.15, 0.2) is 5.78 Å². The van der Waals surface area contributed by atoms with Gasteiger partial charge < -0.3 is 4.74 Å². The quantitative estimate of drug-likeness (QED) is 0.772. The number of carbonyl (C=O) groups excluding carboxylic acids is 1. The highest BCUT2D eigenvalue weighted by molar-refractivity contribution is 5.87. The first kappa shape index (κ1) is 10.9. The molecular weight excluding hydrogens is 214 g/mol. The fourth-order valence-electron chi connectivity index (χ4n) is 2.76. The van der Waals surface area contributed by atoms with Crippen molar-refractivity contribution in [3.8, 4) is 0 Å². The minimum atomic E-state index is -0.175. The third-order valence-electron chi connectivity index (χ3n) is 3.66. The summed E-state index contributed by atoms with van der Waals surface area (Å²) in [5.41, 5.74) is 1.31. The summed E-state index contributed by atoms with van der Waals surface area (Å²) in [5.74, 6) is 0.520. The molecule has 90 valence electrons. The molecule has 2 heterocycles. The first-order valence-corrected chi connectivity index (χ1v) is 6.24. The van der Waals surface area contributed by atoms with Crippen molar-refractivity contribution < 1.29 is 9.53 Å². The van der Waals surface area contributed by atoms with E-state index in [9.17, 15) is 4.79 Å². The number of rotatable bonds is 2. The van der Waals surface area contributed by atoms with E-state index >= 15 is 0 Å². The number of carbonyl (C=O) groups is 1. The number of ketones is 1. The molecule has 2 saturated heterocycles. The molecule has 3 rings (SSSR count). The number of piperidine rings is 1. The number of nitrogens with zero attached hydrogens (tertiary/aromatic N) is 1. The van der Waals surface area contributed by atoms with Crippen molar-refractivity contribution in [3.05, 3.63) is 35.9 Å². The van der Waals surface area contributed by atoms with Crippen LogP contribution in [0.25, 0.3) is 0 Å². The van der Waals surface area contributed by atoms with E-state index in [4.69, 9.17) is 4.74 Å². The lowest BCUT2D eigenvalue weighted by Crippen LogP contribution is -2.53.